The Labute approximate surface area is 214 Å². The van der Waals surface area contributed by atoms with E-state index in [1.165, 1.54) is 62.8 Å². The van der Waals surface area contributed by atoms with E-state index in [9.17, 15) is 0 Å². The Morgan fingerprint density at radius 1 is 1.00 bits per heavy atom. The van der Waals surface area contributed by atoms with Crippen LogP contribution in [0.15, 0.2) is 30.3 Å². The molecule has 3 aliphatic carbocycles. The van der Waals surface area contributed by atoms with Crippen LogP contribution in [0.4, 0.5) is 5.82 Å². The van der Waals surface area contributed by atoms with E-state index in [4.69, 9.17) is 21.6 Å². The van der Waals surface area contributed by atoms with Gasteiger partial charge in [0.25, 0.3) is 0 Å². The van der Waals surface area contributed by atoms with Crippen molar-refractivity contribution in [2.75, 3.05) is 5.32 Å². The summed E-state index contributed by atoms with van der Waals surface area (Å²) in [7, 11) is 0. The average Bonchev–Trinajstić information content (AvgIpc) is 3.12. The van der Waals surface area contributed by atoms with E-state index in [1.54, 1.807) is 0 Å². The van der Waals surface area contributed by atoms with Crippen LogP contribution in [-0.2, 0) is 12.0 Å². The summed E-state index contributed by atoms with van der Waals surface area (Å²) in [6.45, 7) is 5.67. The average molecular weight is 492 g/mol. The zero-order valence-corrected chi connectivity index (χ0v) is 21.9. The highest BCUT2D eigenvalue weighted by molar-refractivity contribution is 6.28. The van der Waals surface area contributed by atoms with E-state index in [1.807, 2.05) is 0 Å². The number of hydrogen-bond donors (Lipinski definition) is 1. The maximum atomic E-state index is 6.47. The van der Waals surface area contributed by atoms with Crippen molar-refractivity contribution in [1.82, 2.24) is 19.5 Å². The summed E-state index contributed by atoms with van der Waals surface area (Å²) in [6, 6.07) is 11.4. The zero-order valence-electron chi connectivity index (χ0n) is 21.1. The highest BCUT2D eigenvalue weighted by atomic mass is 35.5. The summed E-state index contributed by atoms with van der Waals surface area (Å²) < 4.78 is 2.51. The molecule has 3 fully saturated rings. The van der Waals surface area contributed by atoms with Gasteiger partial charge < -0.3 is 9.88 Å². The first-order chi connectivity index (χ1) is 17.0. The number of rotatable bonds is 7. The normalized spacial score (nSPS) is 25.1. The predicted molar refractivity (Wildman–Crippen MR) is 143 cm³/mol. The largest absolute Gasteiger partial charge is 0.365 e. The highest BCUT2D eigenvalue weighted by Gasteiger charge is 2.45. The third kappa shape index (κ3) is 4.24. The van der Waals surface area contributed by atoms with E-state index in [0.717, 1.165) is 42.3 Å². The van der Waals surface area contributed by atoms with E-state index in [0.29, 0.717) is 17.9 Å². The van der Waals surface area contributed by atoms with E-state index in [2.05, 4.69) is 59.0 Å². The fourth-order valence-electron chi connectivity index (χ4n) is 6.63. The van der Waals surface area contributed by atoms with Crippen LogP contribution in [0.3, 0.4) is 0 Å². The lowest BCUT2D eigenvalue weighted by Gasteiger charge is -2.42. The Kier molecular flexibility index (Phi) is 6.24. The van der Waals surface area contributed by atoms with Crippen LogP contribution in [0, 0.1) is 17.8 Å². The summed E-state index contributed by atoms with van der Waals surface area (Å²) in [5, 5.41) is 4.04. The molecule has 0 spiro atoms. The van der Waals surface area contributed by atoms with E-state index < -0.39 is 0 Å². The van der Waals surface area contributed by atoms with Crippen molar-refractivity contribution in [2.24, 2.45) is 17.8 Å². The Bertz CT molecular complexity index is 1170. The van der Waals surface area contributed by atoms with Crippen LogP contribution in [0.5, 0.6) is 0 Å². The number of imidazole rings is 1. The maximum absolute atomic E-state index is 6.47. The van der Waals surface area contributed by atoms with Gasteiger partial charge in [-0.05, 0) is 80.4 Å². The molecule has 6 heteroatoms. The van der Waals surface area contributed by atoms with Crippen LogP contribution in [-0.4, -0.2) is 25.6 Å². The molecule has 0 amide bonds. The SMILES string of the molecule is CC1CCC(Cn2c(C3(c4ccccc4)CCC3)nc3nc(Cl)nc(N[C@H](C)C4CCC4)c32)CC1. The van der Waals surface area contributed by atoms with E-state index in [-0.39, 0.29) is 10.7 Å². The topological polar surface area (TPSA) is 55.6 Å². The predicted octanol–water partition coefficient (Wildman–Crippen LogP) is 7.38. The smallest absolute Gasteiger partial charge is 0.226 e. The summed E-state index contributed by atoms with van der Waals surface area (Å²) in [6.07, 6.45) is 12.6. The fraction of sp³-hybridized carbons (Fsp3) is 0.621. The molecule has 1 atom stereocenters. The molecular weight excluding hydrogens is 454 g/mol. The third-order valence-electron chi connectivity index (χ3n) is 9.33. The number of fused-ring (bicyclic) bond motifs is 1. The van der Waals surface area contributed by atoms with Crippen LogP contribution in [0.2, 0.25) is 5.28 Å². The first-order valence-corrected chi connectivity index (χ1v) is 14.2. The molecule has 6 rings (SSSR count). The van der Waals surface area contributed by atoms with Crippen molar-refractivity contribution in [3.05, 3.63) is 47.0 Å². The van der Waals surface area contributed by atoms with Gasteiger partial charge in [-0.2, -0.15) is 9.97 Å². The highest BCUT2D eigenvalue weighted by Crippen LogP contribution is 2.50. The molecule has 0 aliphatic heterocycles. The summed E-state index contributed by atoms with van der Waals surface area (Å²) in [5.41, 5.74) is 3.12. The second kappa shape index (κ2) is 9.38. The molecule has 1 N–H and O–H groups in total. The number of halogens is 1. The molecule has 5 nitrogen and oxygen atoms in total. The van der Waals surface area contributed by atoms with Crippen molar-refractivity contribution in [3.63, 3.8) is 0 Å². The van der Waals surface area contributed by atoms with Gasteiger partial charge in [-0.1, -0.05) is 62.9 Å². The minimum Gasteiger partial charge on any atom is -0.365 e. The molecule has 3 saturated carbocycles. The van der Waals surface area contributed by atoms with Gasteiger partial charge in [-0.3, -0.25) is 0 Å². The zero-order chi connectivity index (χ0) is 24.0. The van der Waals surface area contributed by atoms with Gasteiger partial charge in [0, 0.05) is 12.6 Å². The molecule has 3 aromatic rings. The molecular formula is C29H38ClN5. The number of hydrogen-bond acceptors (Lipinski definition) is 4. The summed E-state index contributed by atoms with van der Waals surface area (Å²) in [4.78, 5) is 14.7. The Morgan fingerprint density at radius 3 is 2.37 bits per heavy atom. The monoisotopic (exact) mass is 491 g/mol. The molecule has 0 bridgehead atoms. The first kappa shape index (κ1) is 23.3. The van der Waals surface area contributed by atoms with Gasteiger partial charge in [-0.25, -0.2) is 4.98 Å². The molecule has 2 heterocycles. The number of anilines is 1. The van der Waals surface area contributed by atoms with Gasteiger partial charge >= 0.3 is 0 Å². The molecule has 2 aromatic heterocycles. The quantitative estimate of drug-likeness (QED) is 0.350. The van der Waals surface area contributed by atoms with Crippen LogP contribution < -0.4 is 5.32 Å². The fourth-order valence-corrected chi connectivity index (χ4v) is 6.79. The maximum Gasteiger partial charge on any atom is 0.226 e. The van der Waals surface area contributed by atoms with Crippen LogP contribution in [0.25, 0.3) is 11.2 Å². The number of benzene rings is 1. The van der Waals surface area contributed by atoms with E-state index >= 15 is 0 Å². The van der Waals surface area contributed by atoms with Crippen molar-refractivity contribution in [2.45, 2.75) is 96.1 Å². The van der Waals surface area contributed by atoms with Crippen molar-refractivity contribution < 1.29 is 0 Å². The second-order valence-corrected chi connectivity index (χ2v) is 11.9. The van der Waals surface area contributed by atoms with Crippen LogP contribution in [0.1, 0.15) is 89.4 Å². The van der Waals surface area contributed by atoms with Gasteiger partial charge in [-0.15, -0.1) is 0 Å². The molecule has 186 valence electrons. The summed E-state index contributed by atoms with van der Waals surface area (Å²) >= 11 is 6.47. The molecule has 0 radical (unpaired) electrons. The Morgan fingerprint density at radius 2 is 1.74 bits per heavy atom. The molecule has 35 heavy (non-hydrogen) atoms. The molecule has 1 aromatic carbocycles. The van der Waals surface area contributed by atoms with Crippen molar-refractivity contribution in [1.29, 1.82) is 0 Å². The van der Waals surface area contributed by atoms with Gasteiger partial charge in [0.1, 0.15) is 11.3 Å². The van der Waals surface area contributed by atoms with Crippen LogP contribution >= 0.6 is 11.6 Å². The molecule has 0 unspecified atom stereocenters. The number of nitrogens with zero attached hydrogens (tertiary/aromatic N) is 4. The van der Waals surface area contributed by atoms with Crippen molar-refractivity contribution in [3.8, 4) is 0 Å². The lowest BCUT2D eigenvalue weighted by Crippen LogP contribution is -2.39. The second-order valence-electron chi connectivity index (χ2n) is 11.6. The lowest BCUT2D eigenvalue weighted by molar-refractivity contribution is 0.242. The third-order valence-corrected chi connectivity index (χ3v) is 9.50. The summed E-state index contributed by atoms with van der Waals surface area (Å²) in [5.74, 6) is 4.25. The molecule has 3 aliphatic rings. The Balaban J connectivity index is 1.48. The van der Waals surface area contributed by atoms with Gasteiger partial charge in [0.05, 0.1) is 5.41 Å². The van der Waals surface area contributed by atoms with Gasteiger partial charge in [0.15, 0.2) is 11.5 Å². The van der Waals surface area contributed by atoms with Gasteiger partial charge in [0.2, 0.25) is 5.28 Å². The number of nitrogens with one attached hydrogen (secondary N) is 1. The lowest BCUT2D eigenvalue weighted by atomic mass is 9.63. The van der Waals surface area contributed by atoms with Crippen molar-refractivity contribution >= 4 is 28.6 Å². The molecule has 0 saturated heterocycles. The minimum atomic E-state index is -0.0484. The first-order valence-electron chi connectivity index (χ1n) is 13.8. The Hall–Kier alpha value is -2.14. The standard InChI is InChI=1S/C29H38ClN5/c1-19-12-14-21(15-13-19)18-35-24-25(31-20(2)22-8-6-9-22)33-28(30)34-26(24)32-27(35)29(16-7-17-29)23-10-4-3-5-11-23/h3-5,10-11,19-22H,6-9,12-18H2,1-2H3,(H,31,33,34)/t19?,20-,21?/m1/s1. The number of aromatic nitrogens is 4. The minimum absolute atomic E-state index is 0.0484.